The van der Waals surface area contributed by atoms with Gasteiger partial charge in [0.1, 0.15) is 0 Å². The second kappa shape index (κ2) is 8.87. The van der Waals surface area contributed by atoms with E-state index in [4.69, 9.17) is 5.10 Å². The minimum atomic E-state index is 0.0445. The number of aromatic nitrogens is 2. The van der Waals surface area contributed by atoms with Gasteiger partial charge in [-0.3, -0.25) is 4.79 Å². The molecular weight excluding hydrogens is 346 g/mol. The lowest BCUT2D eigenvalue weighted by Gasteiger charge is -2.18. The zero-order valence-corrected chi connectivity index (χ0v) is 17.3. The molecule has 3 aromatic rings. The molecule has 0 bridgehead atoms. The van der Waals surface area contributed by atoms with Crippen LogP contribution in [0, 0.1) is 6.92 Å². The lowest BCUT2D eigenvalue weighted by atomic mass is 10.1. The maximum atomic E-state index is 13.4. The molecule has 3 rings (SSSR count). The summed E-state index contributed by atoms with van der Waals surface area (Å²) in [4.78, 5) is 15.2. The zero-order valence-electron chi connectivity index (χ0n) is 17.3. The molecule has 0 atom stereocenters. The van der Waals surface area contributed by atoms with Crippen LogP contribution in [0.5, 0.6) is 0 Å². The summed E-state index contributed by atoms with van der Waals surface area (Å²) in [6.45, 7) is 6.88. The van der Waals surface area contributed by atoms with Crippen LogP contribution in [0.2, 0.25) is 0 Å². The van der Waals surface area contributed by atoms with Crippen LogP contribution in [0.4, 0.5) is 0 Å². The van der Waals surface area contributed by atoms with Gasteiger partial charge in [0.2, 0.25) is 0 Å². The van der Waals surface area contributed by atoms with E-state index in [0.29, 0.717) is 6.54 Å². The number of amides is 1. The van der Waals surface area contributed by atoms with Crippen LogP contribution >= 0.6 is 0 Å². The Bertz CT molecular complexity index is 944. The standard InChI is InChI=1S/C24H29N3O/c1-5-11-21-23(24(28)26(4)17-19-13-8-7-9-14-19)22(6-2)27(25-21)20-15-10-12-18(3)16-20/h7-10,12-16H,5-6,11,17H2,1-4H3. The molecule has 2 aromatic carbocycles. The zero-order chi connectivity index (χ0) is 20.1. The summed E-state index contributed by atoms with van der Waals surface area (Å²) in [6, 6.07) is 18.4. The lowest BCUT2D eigenvalue weighted by Crippen LogP contribution is -2.27. The summed E-state index contributed by atoms with van der Waals surface area (Å²) in [5.74, 6) is 0.0445. The van der Waals surface area contributed by atoms with Crippen molar-refractivity contribution >= 4 is 5.91 Å². The van der Waals surface area contributed by atoms with E-state index in [-0.39, 0.29) is 5.91 Å². The molecule has 0 unspecified atom stereocenters. The monoisotopic (exact) mass is 375 g/mol. The lowest BCUT2D eigenvalue weighted by molar-refractivity contribution is 0.0783. The molecule has 0 radical (unpaired) electrons. The van der Waals surface area contributed by atoms with Gasteiger partial charge < -0.3 is 4.90 Å². The number of rotatable bonds is 7. The summed E-state index contributed by atoms with van der Waals surface area (Å²) in [5.41, 5.74) is 5.97. The summed E-state index contributed by atoms with van der Waals surface area (Å²) in [6.07, 6.45) is 2.51. The number of hydrogen-bond donors (Lipinski definition) is 0. The van der Waals surface area contributed by atoms with Gasteiger partial charge in [0.05, 0.1) is 22.6 Å². The van der Waals surface area contributed by atoms with E-state index in [0.717, 1.165) is 47.5 Å². The van der Waals surface area contributed by atoms with E-state index < -0.39 is 0 Å². The number of hydrogen-bond acceptors (Lipinski definition) is 2. The fourth-order valence-electron chi connectivity index (χ4n) is 3.58. The van der Waals surface area contributed by atoms with Gasteiger partial charge in [0.15, 0.2) is 0 Å². The Kier molecular flexibility index (Phi) is 6.30. The van der Waals surface area contributed by atoms with Gasteiger partial charge in [-0.25, -0.2) is 4.68 Å². The topological polar surface area (TPSA) is 38.1 Å². The third-order valence-electron chi connectivity index (χ3n) is 4.94. The molecule has 0 N–H and O–H groups in total. The van der Waals surface area contributed by atoms with Crippen molar-refractivity contribution in [3.8, 4) is 5.69 Å². The summed E-state index contributed by atoms with van der Waals surface area (Å²) in [5, 5.41) is 4.86. The molecule has 0 saturated heterocycles. The predicted molar refractivity (Wildman–Crippen MR) is 114 cm³/mol. The Morgan fingerprint density at radius 1 is 1.07 bits per heavy atom. The Hall–Kier alpha value is -2.88. The normalized spacial score (nSPS) is 10.9. The van der Waals surface area contributed by atoms with Crippen LogP contribution in [0.3, 0.4) is 0 Å². The van der Waals surface area contributed by atoms with Crippen LogP contribution in [-0.4, -0.2) is 27.6 Å². The fourth-order valence-corrected chi connectivity index (χ4v) is 3.58. The van der Waals surface area contributed by atoms with Crippen molar-refractivity contribution in [2.24, 2.45) is 0 Å². The fraction of sp³-hybridized carbons (Fsp3) is 0.333. The highest BCUT2D eigenvalue weighted by molar-refractivity contribution is 5.96. The molecule has 28 heavy (non-hydrogen) atoms. The van der Waals surface area contributed by atoms with Gasteiger partial charge in [0, 0.05) is 13.6 Å². The van der Waals surface area contributed by atoms with Crippen LogP contribution in [0.15, 0.2) is 54.6 Å². The number of benzene rings is 2. The van der Waals surface area contributed by atoms with Crippen molar-refractivity contribution in [3.63, 3.8) is 0 Å². The van der Waals surface area contributed by atoms with Crippen LogP contribution in [0.1, 0.15) is 53.1 Å². The molecule has 146 valence electrons. The first-order valence-corrected chi connectivity index (χ1v) is 10.0. The SMILES string of the molecule is CCCc1nn(-c2cccc(C)c2)c(CC)c1C(=O)N(C)Cc1ccccc1. The quantitative estimate of drug-likeness (QED) is 0.585. The van der Waals surface area contributed by atoms with E-state index in [2.05, 4.69) is 39.0 Å². The largest absolute Gasteiger partial charge is 0.337 e. The Morgan fingerprint density at radius 3 is 2.46 bits per heavy atom. The molecule has 0 saturated carbocycles. The van der Waals surface area contributed by atoms with E-state index >= 15 is 0 Å². The van der Waals surface area contributed by atoms with Gasteiger partial charge in [-0.1, -0.05) is 62.7 Å². The average molecular weight is 376 g/mol. The molecule has 1 heterocycles. The predicted octanol–water partition coefficient (Wildman–Crippen LogP) is 4.97. The Morgan fingerprint density at radius 2 is 1.82 bits per heavy atom. The first kappa shape index (κ1) is 19.9. The van der Waals surface area contributed by atoms with Crippen molar-refractivity contribution in [3.05, 3.63) is 82.7 Å². The molecule has 0 aliphatic carbocycles. The molecule has 0 aliphatic heterocycles. The van der Waals surface area contributed by atoms with E-state index in [1.165, 1.54) is 5.56 Å². The molecule has 0 spiro atoms. The van der Waals surface area contributed by atoms with Crippen molar-refractivity contribution in [1.29, 1.82) is 0 Å². The first-order chi connectivity index (χ1) is 13.5. The van der Waals surface area contributed by atoms with Crippen LogP contribution in [-0.2, 0) is 19.4 Å². The Labute approximate surface area is 167 Å². The van der Waals surface area contributed by atoms with Crippen molar-refractivity contribution in [1.82, 2.24) is 14.7 Å². The van der Waals surface area contributed by atoms with E-state index in [1.807, 2.05) is 48.1 Å². The highest BCUT2D eigenvalue weighted by atomic mass is 16.2. The molecule has 4 nitrogen and oxygen atoms in total. The van der Waals surface area contributed by atoms with Crippen molar-refractivity contribution < 1.29 is 4.79 Å². The molecule has 0 aliphatic rings. The molecule has 1 amide bonds. The summed E-state index contributed by atoms with van der Waals surface area (Å²) in [7, 11) is 1.87. The van der Waals surface area contributed by atoms with E-state index in [9.17, 15) is 4.79 Å². The molecule has 4 heteroatoms. The minimum Gasteiger partial charge on any atom is -0.337 e. The number of carbonyl (C=O) groups excluding carboxylic acids is 1. The van der Waals surface area contributed by atoms with Gasteiger partial charge in [-0.05, 0) is 43.0 Å². The second-order valence-corrected chi connectivity index (χ2v) is 7.27. The third-order valence-corrected chi connectivity index (χ3v) is 4.94. The number of carbonyl (C=O) groups is 1. The van der Waals surface area contributed by atoms with E-state index in [1.54, 1.807) is 4.90 Å². The number of aryl methyl sites for hydroxylation is 2. The van der Waals surface area contributed by atoms with Gasteiger partial charge in [-0.2, -0.15) is 5.10 Å². The Balaban J connectivity index is 2.02. The van der Waals surface area contributed by atoms with Crippen molar-refractivity contribution in [2.75, 3.05) is 7.05 Å². The van der Waals surface area contributed by atoms with Gasteiger partial charge >= 0.3 is 0 Å². The minimum absolute atomic E-state index is 0.0445. The third kappa shape index (κ3) is 4.16. The van der Waals surface area contributed by atoms with Crippen LogP contribution in [0.25, 0.3) is 5.69 Å². The maximum Gasteiger partial charge on any atom is 0.257 e. The molecule has 0 fully saturated rings. The van der Waals surface area contributed by atoms with Gasteiger partial charge in [0.25, 0.3) is 5.91 Å². The highest BCUT2D eigenvalue weighted by Gasteiger charge is 2.25. The average Bonchev–Trinajstić information content (AvgIpc) is 3.06. The summed E-state index contributed by atoms with van der Waals surface area (Å²) >= 11 is 0. The van der Waals surface area contributed by atoms with Gasteiger partial charge in [-0.15, -0.1) is 0 Å². The van der Waals surface area contributed by atoms with Crippen molar-refractivity contribution in [2.45, 2.75) is 46.6 Å². The summed E-state index contributed by atoms with van der Waals surface area (Å²) < 4.78 is 1.96. The second-order valence-electron chi connectivity index (χ2n) is 7.27. The maximum absolute atomic E-state index is 13.4. The first-order valence-electron chi connectivity index (χ1n) is 10.0. The highest BCUT2D eigenvalue weighted by Crippen LogP contribution is 2.23. The van der Waals surface area contributed by atoms with Crippen LogP contribution < -0.4 is 0 Å². The smallest absolute Gasteiger partial charge is 0.257 e. The molecular formula is C24H29N3O. The molecule has 1 aromatic heterocycles. The number of nitrogens with zero attached hydrogens (tertiary/aromatic N) is 3.